The molecule has 1 aliphatic rings. The largest absolute Gasteiger partial charge is 0.339 e. The Bertz CT molecular complexity index is 1030. The number of rotatable bonds is 6. The zero-order valence-corrected chi connectivity index (χ0v) is 17.2. The molecule has 1 saturated heterocycles. The number of anilines is 2. The topological polar surface area (TPSA) is 113 Å². The number of nitrogens with one attached hydrogen (secondary N) is 2. The van der Waals surface area contributed by atoms with Crippen molar-refractivity contribution in [1.29, 1.82) is 0 Å². The number of hydrogen-bond donors (Lipinski definition) is 2. The Kier molecular flexibility index (Phi) is 6.32. The summed E-state index contributed by atoms with van der Waals surface area (Å²) in [5, 5.41) is 9.64. The molecular formula is C22H24N6O3. The highest BCUT2D eigenvalue weighted by molar-refractivity contribution is 5.93. The summed E-state index contributed by atoms with van der Waals surface area (Å²) in [4.78, 5) is 34.3. The molecule has 0 saturated carbocycles. The predicted molar refractivity (Wildman–Crippen MR) is 115 cm³/mol. The Morgan fingerprint density at radius 1 is 1.06 bits per heavy atom. The maximum absolute atomic E-state index is 12.4. The van der Waals surface area contributed by atoms with Crippen molar-refractivity contribution in [1.82, 2.24) is 20.0 Å². The minimum atomic E-state index is -0.131. The summed E-state index contributed by atoms with van der Waals surface area (Å²) in [6.07, 6.45) is 3.40. The predicted octanol–water partition coefficient (Wildman–Crippen LogP) is 2.91. The highest BCUT2D eigenvalue weighted by atomic mass is 16.5. The summed E-state index contributed by atoms with van der Waals surface area (Å²) in [6, 6.07) is 12.6. The van der Waals surface area contributed by atoms with Gasteiger partial charge in [0, 0.05) is 30.4 Å². The molecule has 3 heterocycles. The zero-order chi connectivity index (χ0) is 21.6. The minimum absolute atomic E-state index is 0.0686. The molecule has 0 aliphatic carbocycles. The molecule has 1 aliphatic heterocycles. The van der Waals surface area contributed by atoms with Gasteiger partial charge in [-0.2, -0.15) is 4.98 Å². The quantitative estimate of drug-likeness (QED) is 0.630. The van der Waals surface area contributed by atoms with E-state index in [2.05, 4.69) is 30.7 Å². The summed E-state index contributed by atoms with van der Waals surface area (Å²) >= 11 is 0. The molecule has 0 bridgehead atoms. The molecule has 31 heavy (non-hydrogen) atoms. The van der Waals surface area contributed by atoms with Gasteiger partial charge in [-0.15, -0.1) is 0 Å². The number of piperidine rings is 1. The first kappa shape index (κ1) is 20.7. The van der Waals surface area contributed by atoms with Crippen LogP contribution in [-0.4, -0.2) is 51.5 Å². The van der Waals surface area contributed by atoms with E-state index in [9.17, 15) is 9.59 Å². The SMILES string of the molecule is CC(=O)Nc1ccc(NC(=O)CN2CCC(c3nc(-c4ccccn4)no3)CC2)cc1. The van der Waals surface area contributed by atoms with Crippen molar-refractivity contribution in [3.63, 3.8) is 0 Å². The standard InChI is InChI=1S/C22H24N6O3/c1-15(29)24-17-5-7-18(8-6-17)25-20(30)14-28-12-9-16(10-13-28)22-26-21(27-31-22)19-4-2-3-11-23-19/h2-8,11,16H,9-10,12-14H2,1H3,(H,24,29)(H,25,30). The van der Waals surface area contributed by atoms with Crippen LogP contribution < -0.4 is 10.6 Å². The van der Waals surface area contributed by atoms with Crippen LogP contribution >= 0.6 is 0 Å². The van der Waals surface area contributed by atoms with E-state index in [1.807, 2.05) is 18.2 Å². The summed E-state index contributed by atoms with van der Waals surface area (Å²) in [7, 11) is 0. The first-order chi connectivity index (χ1) is 15.1. The number of carbonyl (C=O) groups is 2. The van der Waals surface area contributed by atoms with Crippen molar-refractivity contribution >= 4 is 23.2 Å². The van der Waals surface area contributed by atoms with E-state index >= 15 is 0 Å². The summed E-state index contributed by atoms with van der Waals surface area (Å²) in [5.74, 6) is 1.12. The molecule has 2 N–H and O–H groups in total. The van der Waals surface area contributed by atoms with E-state index in [4.69, 9.17) is 4.52 Å². The fourth-order valence-corrected chi connectivity index (χ4v) is 3.58. The van der Waals surface area contributed by atoms with Gasteiger partial charge in [0.1, 0.15) is 5.69 Å². The maximum atomic E-state index is 12.4. The number of amides is 2. The van der Waals surface area contributed by atoms with Gasteiger partial charge in [0.05, 0.1) is 6.54 Å². The molecule has 1 aromatic carbocycles. The average molecular weight is 420 g/mol. The average Bonchev–Trinajstić information content (AvgIpc) is 3.26. The number of aromatic nitrogens is 3. The molecular weight excluding hydrogens is 396 g/mol. The van der Waals surface area contributed by atoms with E-state index in [1.54, 1.807) is 30.5 Å². The van der Waals surface area contributed by atoms with Crippen molar-refractivity contribution in [2.45, 2.75) is 25.7 Å². The Balaban J connectivity index is 1.25. The Hall–Kier alpha value is -3.59. The third-order valence-corrected chi connectivity index (χ3v) is 5.13. The van der Waals surface area contributed by atoms with Crippen LogP contribution in [0.15, 0.2) is 53.2 Å². The maximum Gasteiger partial charge on any atom is 0.238 e. The molecule has 0 unspecified atom stereocenters. The Morgan fingerprint density at radius 3 is 2.42 bits per heavy atom. The fourth-order valence-electron chi connectivity index (χ4n) is 3.58. The van der Waals surface area contributed by atoms with Crippen molar-refractivity contribution in [2.24, 2.45) is 0 Å². The first-order valence-corrected chi connectivity index (χ1v) is 10.2. The van der Waals surface area contributed by atoms with Crippen LogP contribution in [0.25, 0.3) is 11.5 Å². The van der Waals surface area contributed by atoms with E-state index < -0.39 is 0 Å². The number of carbonyl (C=O) groups excluding carboxylic acids is 2. The van der Waals surface area contributed by atoms with Crippen LogP contribution in [0, 0.1) is 0 Å². The number of benzene rings is 1. The number of pyridine rings is 1. The normalized spacial score (nSPS) is 14.9. The lowest BCUT2D eigenvalue weighted by Gasteiger charge is -2.29. The summed E-state index contributed by atoms with van der Waals surface area (Å²) in [5.41, 5.74) is 2.08. The molecule has 2 aromatic heterocycles. The summed E-state index contributed by atoms with van der Waals surface area (Å²) < 4.78 is 5.46. The second-order valence-corrected chi connectivity index (χ2v) is 7.53. The van der Waals surface area contributed by atoms with E-state index in [0.717, 1.165) is 25.9 Å². The summed E-state index contributed by atoms with van der Waals surface area (Å²) in [6.45, 7) is 3.33. The van der Waals surface area contributed by atoms with Gasteiger partial charge in [-0.25, -0.2) is 0 Å². The van der Waals surface area contributed by atoms with E-state index in [-0.39, 0.29) is 17.7 Å². The van der Waals surface area contributed by atoms with Crippen molar-refractivity contribution < 1.29 is 14.1 Å². The highest BCUT2D eigenvalue weighted by Gasteiger charge is 2.26. The third kappa shape index (κ3) is 5.52. The van der Waals surface area contributed by atoms with Crippen LogP contribution in [0.2, 0.25) is 0 Å². The van der Waals surface area contributed by atoms with Gasteiger partial charge in [0.15, 0.2) is 0 Å². The van der Waals surface area contributed by atoms with Gasteiger partial charge in [-0.1, -0.05) is 11.2 Å². The molecule has 9 heteroatoms. The van der Waals surface area contributed by atoms with Crippen LogP contribution in [0.5, 0.6) is 0 Å². The van der Waals surface area contributed by atoms with Gasteiger partial charge < -0.3 is 15.2 Å². The minimum Gasteiger partial charge on any atom is -0.339 e. The van der Waals surface area contributed by atoms with Gasteiger partial charge >= 0.3 is 0 Å². The molecule has 0 spiro atoms. The number of nitrogens with zero attached hydrogens (tertiary/aromatic N) is 4. The molecule has 160 valence electrons. The van der Waals surface area contributed by atoms with Gasteiger partial charge in [-0.05, 0) is 62.3 Å². The highest BCUT2D eigenvalue weighted by Crippen LogP contribution is 2.28. The zero-order valence-electron chi connectivity index (χ0n) is 17.2. The van der Waals surface area contributed by atoms with Crippen molar-refractivity contribution in [2.75, 3.05) is 30.3 Å². The first-order valence-electron chi connectivity index (χ1n) is 10.2. The molecule has 4 rings (SSSR count). The van der Waals surface area contributed by atoms with Crippen LogP contribution in [0.3, 0.4) is 0 Å². The Morgan fingerprint density at radius 2 is 1.77 bits per heavy atom. The van der Waals surface area contributed by atoms with Gasteiger partial charge in [0.25, 0.3) is 0 Å². The molecule has 2 amide bonds. The lowest BCUT2D eigenvalue weighted by atomic mass is 9.97. The second kappa shape index (κ2) is 9.48. The number of likely N-dealkylation sites (tertiary alicyclic amines) is 1. The van der Waals surface area contributed by atoms with E-state index in [1.165, 1.54) is 6.92 Å². The molecule has 0 atom stereocenters. The number of hydrogen-bond acceptors (Lipinski definition) is 7. The molecule has 9 nitrogen and oxygen atoms in total. The molecule has 1 fully saturated rings. The van der Waals surface area contributed by atoms with Gasteiger partial charge in [0.2, 0.25) is 23.5 Å². The monoisotopic (exact) mass is 420 g/mol. The Labute approximate surface area is 179 Å². The molecule has 0 radical (unpaired) electrons. The van der Waals surface area contributed by atoms with Crippen LogP contribution in [0.4, 0.5) is 11.4 Å². The van der Waals surface area contributed by atoms with Gasteiger partial charge in [-0.3, -0.25) is 19.5 Å². The lowest BCUT2D eigenvalue weighted by Crippen LogP contribution is -2.38. The lowest BCUT2D eigenvalue weighted by molar-refractivity contribution is -0.117. The van der Waals surface area contributed by atoms with E-state index in [0.29, 0.717) is 35.3 Å². The van der Waals surface area contributed by atoms with Crippen molar-refractivity contribution in [3.05, 3.63) is 54.6 Å². The smallest absolute Gasteiger partial charge is 0.238 e. The molecule has 3 aromatic rings. The van der Waals surface area contributed by atoms with Crippen LogP contribution in [0.1, 0.15) is 31.6 Å². The van der Waals surface area contributed by atoms with Crippen LogP contribution in [-0.2, 0) is 9.59 Å². The second-order valence-electron chi connectivity index (χ2n) is 7.53. The third-order valence-electron chi connectivity index (χ3n) is 5.13. The van der Waals surface area contributed by atoms with Crippen molar-refractivity contribution in [3.8, 4) is 11.5 Å². The fraction of sp³-hybridized carbons (Fsp3) is 0.318.